The molecule has 0 atom stereocenters. The number of aryl methyl sites for hydroxylation is 4. The lowest BCUT2D eigenvalue weighted by atomic mass is 10.1. The van der Waals surface area contributed by atoms with Gasteiger partial charge >= 0.3 is 5.97 Å². The number of anilines is 2. The fourth-order valence-electron chi connectivity index (χ4n) is 3.77. The van der Waals surface area contributed by atoms with Crippen molar-refractivity contribution in [2.75, 3.05) is 17.2 Å². The SMILES string of the molecule is C=CCOC(=O)c1sc(NC(=O)Cn2cnc3sc(C(=O)Nc4ccc(C)cc4C)c(C)c3c2=O)nc1C. The lowest BCUT2D eigenvalue weighted by Gasteiger charge is -2.08. The van der Waals surface area contributed by atoms with Crippen molar-refractivity contribution in [1.29, 1.82) is 0 Å². The molecule has 12 heteroatoms. The summed E-state index contributed by atoms with van der Waals surface area (Å²) in [4.78, 5) is 60.5. The number of benzene rings is 1. The van der Waals surface area contributed by atoms with Gasteiger partial charge < -0.3 is 15.4 Å². The molecule has 1 aromatic carbocycles. The average molecular weight is 552 g/mol. The fourth-order valence-corrected chi connectivity index (χ4v) is 5.69. The van der Waals surface area contributed by atoms with Crippen LogP contribution in [0.15, 0.2) is 42.0 Å². The third-order valence-corrected chi connectivity index (χ3v) is 7.88. The summed E-state index contributed by atoms with van der Waals surface area (Å²) in [5.74, 6) is -1.41. The average Bonchev–Trinajstić information content (AvgIpc) is 3.40. The van der Waals surface area contributed by atoms with Crippen molar-refractivity contribution in [3.63, 3.8) is 0 Å². The van der Waals surface area contributed by atoms with Gasteiger partial charge in [-0.05, 0) is 44.9 Å². The summed E-state index contributed by atoms with van der Waals surface area (Å²) >= 11 is 2.10. The van der Waals surface area contributed by atoms with E-state index < -0.39 is 17.4 Å². The van der Waals surface area contributed by atoms with Crippen LogP contribution in [0.1, 0.15) is 41.7 Å². The van der Waals surface area contributed by atoms with E-state index in [1.165, 1.54) is 17.0 Å². The number of rotatable bonds is 8. The van der Waals surface area contributed by atoms with Crippen LogP contribution in [0.4, 0.5) is 10.8 Å². The zero-order valence-corrected chi connectivity index (χ0v) is 22.8. The number of thiazole rings is 1. The van der Waals surface area contributed by atoms with Gasteiger partial charge in [0.2, 0.25) is 5.91 Å². The Bertz CT molecular complexity index is 1650. The molecule has 0 saturated carbocycles. The van der Waals surface area contributed by atoms with Gasteiger partial charge in [0, 0.05) is 5.69 Å². The Labute approximate surface area is 226 Å². The predicted molar refractivity (Wildman–Crippen MR) is 148 cm³/mol. The van der Waals surface area contributed by atoms with Gasteiger partial charge in [0.25, 0.3) is 11.5 Å². The van der Waals surface area contributed by atoms with E-state index in [1.54, 1.807) is 13.8 Å². The summed E-state index contributed by atoms with van der Waals surface area (Å²) < 4.78 is 6.19. The number of nitrogens with zero attached hydrogens (tertiary/aromatic N) is 3. The Balaban J connectivity index is 1.52. The highest BCUT2D eigenvalue weighted by molar-refractivity contribution is 7.20. The molecular formula is C26H25N5O5S2. The Morgan fingerprint density at radius 2 is 1.87 bits per heavy atom. The maximum atomic E-state index is 13.2. The summed E-state index contributed by atoms with van der Waals surface area (Å²) in [7, 11) is 0. The van der Waals surface area contributed by atoms with Crippen LogP contribution in [0.3, 0.4) is 0 Å². The van der Waals surface area contributed by atoms with Gasteiger partial charge in [0.15, 0.2) is 5.13 Å². The summed E-state index contributed by atoms with van der Waals surface area (Å²) in [6.45, 7) is 10.4. The first-order chi connectivity index (χ1) is 18.1. The zero-order valence-electron chi connectivity index (χ0n) is 21.2. The number of esters is 1. The summed E-state index contributed by atoms with van der Waals surface area (Å²) in [5.41, 5.74) is 3.18. The molecule has 0 unspecified atom stereocenters. The molecule has 3 heterocycles. The number of fused-ring (bicyclic) bond motifs is 1. The number of carbonyl (C=O) groups is 3. The van der Waals surface area contributed by atoms with E-state index in [0.29, 0.717) is 26.7 Å². The molecule has 4 aromatic rings. The number of hydrogen-bond donors (Lipinski definition) is 2. The molecule has 0 aliphatic carbocycles. The molecule has 0 aliphatic rings. The largest absolute Gasteiger partial charge is 0.457 e. The minimum atomic E-state index is -0.559. The second kappa shape index (κ2) is 11.1. The minimum Gasteiger partial charge on any atom is -0.457 e. The van der Waals surface area contributed by atoms with Crippen molar-refractivity contribution in [3.05, 3.63) is 79.7 Å². The Morgan fingerprint density at radius 1 is 1.11 bits per heavy atom. The van der Waals surface area contributed by atoms with Crippen molar-refractivity contribution < 1.29 is 19.1 Å². The second-order valence-electron chi connectivity index (χ2n) is 8.56. The first kappa shape index (κ1) is 26.9. The number of thiophene rings is 1. The highest BCUT2D eigenvalue weighted by Crippen LogP contribution is 2.28. The topological polar surface area (TPSA) is 132 Å². The first-order valence-corrected chi connectivity index (χ1v) is 13.1. The maximum absolute atomic E-state index is 13.2. The normalized spacial score (nSPS) is 10.8. The minimum absolute atomic E-state index is 0.0627. The van der Waals surface area contributed by atoms with Crippen molar-refractivity contribution in [1.82, 2.24) is 14.5 Å². The van der Waals surface area contributed by atoms with E-state index in [2.05, 4.69) is 27.2 Å². The Morgan fingerprint density at radius 3 is 2.58 bits per heavy atom. The van der Waals surface area contributed by atoms with Crippen molar-refractivity contribution in [2.24, 2.45) is 0 Å². The van der Waals surface area contributed by atoms with Crippen molar-refractivity contribution in [3.8, 4) is 0 Å². The molecule has 38 heavy (non-hydrogen) atoms. The van der Waals surface area contributed by atoms with Crippen LogP contribution in [-0.2, 0) is 16.1 Å². The highest BCUT2D eigenvalue weighted by Gasteiger charge is 2.22. The number of nitrogens with one attached hydrogen (secondary N) is 2. The number of carbonyl (C=O) groups excluding carboxylic acids is 3. The second-order valence-corrected chi connectivity index (χ2v) is 10.6. The van der Waals surface area contributed by atoms with Crippen molar-refractivity contribution >= 4 is 61.5 Å². The summed E-state index contributed by atoms with van der Waals surface area (Å²) in [6, 6.07) is 5.72. The van der Waals surface area contributed by atoms with Gasteiger partial charge in [0.1, 0.15) is 22.9 Å². The van der Waals surface area contributed by atoms with Gasteiger partial charge in [-0.1, -0.05) is 41.7 Å². The van der Waals surface area contributed by atoms with Crippen LogP contribution in [0, 0.1) is 27.7 Å². The van der Waals surface area contributed by atoms with Gasteiger partial charge in [0.05, 0.1) is 22.3 Å². The van der Waals surface area contributed by atoms with Gasteiger partial charge in [-0.15, -0.1) is 11.3 Å². The predicted octanol–water partition coefficient (Wildman–Crippen LogP) is 4.38. The van der Waals surface area contributed by atoms with E-state index in [-0.39, 0.29) is 34.5 Å². The molecule has 3 aromatic heterocycles. The molecule has 0 aliphatic heterocycles. The number of aromatic nitrogens is 3. The van der Waals surface area contributed by atoms with Crippen LogP contribution >= 0.6 is 22.7 Å². The molecule has 0 spiro atoms. The molecule has 0 radical (unpaired) electrons. The fraction of sp³-hybridized carbons (Fsp3) is 0.231. The lowest BCUT2D eigenvalue weighted by molar-refractivity contribution is -0.116. The summed E-state index contributed by atoms with van der Waals surface area (Å²) in [6.07, 6.45) is 2.73. The Kier molecular flexibility index (Phi) is 7.83. The van der Waals surface area contributed by atoms with E-state index in [9.17, 15) is 19.2 Å². The third kappa shape index (κ3) is 5.55. The molecular weight excluding hydrogens is 526 g/mol. The number of amides is 2. The maximum Gasteiger partial charge on any atom is 0.350 e. The van der Waals surface area contributed by atoms with Crippen LogP contribution in [0.5, 0.6) is 0 Å². The Hall–Kier alpha value is -4.16. The molecule has 4 rings (SSSR count). The monoisotopic (exact) mass is 551 g/mol. The zero-order chi connectivity index (χ0) is 27.6. The van der Waals surface area contributed by atoms with Crippen LogP contribution in [0.25, 0.3) is 10.2 Å². The first-order valence-electron chi connectivity index (χ1n) is 11.5. The van der Waals surface area contributed by atoms with Gasteiger partial charge in [-0.3, -0.25) is 19.0 Å². The van der Waals surface area contributed by atoms with E-state index >= 15 is 0 Å². The van der Waals surface area contributed by atoms with Crippen LogP contribution in [-0.4, -0.2) is 38.9 Å². The highest BCUT2D eigenvalue weighted by atomic mass is 32.1. The van der Waals surface area contributed by atoms with Gasteiger partial charge in [-0.25, -0.2) is 14.8 Å². The van der Waals surface area contributed by atoms with E-state index in [1.807, 2.05) is 32.0 Å². The molecule has 2 N–H and O–H groups in total. The van der Waals surface area contributed by atoms with E-state index in [0.717, 1.165) is 33.8 Å². The number of hydrogen-bond acceptors (Lipinski definition) is 9. The molecule has 0 bridgehead atoms. The van der Waals surface area contributed by atoms with Gasteiger partial charge in [-0.2, -0.15) is 0 Å². The molecule has 0 saturated heterocycles. The molecule has 2 amide bonds. The standard InChI is InChI=1S/C26H25N5O5S2/c1-6-9-36-25(35)21-16(5)28-26(38-21)30-18(32)11-31-12-27-23-19(24(31)34)15(4)20(37-23)22(33)29-17-8-7-13(2)10-14(17)3/h6-8,10,12H,1,9,11H2,2-5H3,(H,29,33)(H,28,30,32). The van der Waals surface area contributed by atoms with Crippen LogP contribution < -0.4 is 16.2 Å². The lowest BCUT2D eigenvalue weighted by Crippen LogP contribution is -2.27. The number of ether oxygens (including phenoxy) is 1. The van der Waals surface area contributed by atoms with Crippen molar-refractivity contribution in [2.45, 2.75) is 34.2 Å². The third-order valence-electron chi connectivity index (χ3n) is 5.63. The van der Waals surface area contributed by atoms with Crippen LogP contribution in [0.2, 0.25) is 0 Å². The molecule has 196 valence electrons. The smallest absolute Gasteiger partial charge is 0.350 e. The molecule has 0 fully saturated rings. The summed E-state index contributed by atoms with van der Waals surface area (Å²) in [5, 5.41) is 6.00. The quantitative estimate of drug-likeness (QED) is 0.245. The molecule has 10 nitrogen and oxygen atoms in total. The van der Waals surface area contributed by atoms with E-state index in [4.69, 9.17) is 4.74 Å².